The van der Waals surface area contributed by atoms with Gasteiger partial charge in [0.2, 0.25) is 0 Å². The van der Waals surface area contributed by atoms with Gasteiger partial charge in [-0.05, 0) is 29.5 Å². The number of hydrogen-bond donors (Lipinski definition) is 0. The van der Waals surface area contributed by atoms with Gasteiger partial charge in [-0.3, -0.25) is 4.89 Å². The Balaban J connectivity index is 2.64. The summed E-state index contributed by atoms with van der Waals surface area (Å²) in [6, 6.07) is 7.35. The molecule has 0 saturated heterocycles. The van der Waals surface area contributed by atoms with Crippen molar-refractivity contribution in [1.82, 2.24) is 0 Å². The number of rotatable bonds is 4. The molecule has 0 saturated carbocycles. The molecule has 1 rings (SSSR count). The van der Waals surface area contributed by atoms with Gasteiger partial charge in [0.1, 0.15) is 0 Å². The lowest BCUT2D eigenvalue weighted by molar-refractivity contribution is -0.239. The van der Waals surface area contributed by atoms with Gasteiger partial charge in [-0.1, -0.05) is 39.8 Å². The lowest BCUT2D eigenvalue weighted by atomic mass is 9.87. The molecule has 0 spiro atoms. The first-order valence-corrected chi connectivity index (χ1v) is 5.68. The second-order valence-electron chi connectivity index (χ2n) is 4.87. The van der Waals surface area contributed by atoms with E-state index in [9.17, 15) is 4.79 Å². The smallest absolute Gasteiger partial charge is 0.293 e. The highest BCUT2D eigenvalue weighted by molar-refractivity contribution is 5.88. The van der Waals surface area contributed by atoms with Gasteiger partial charge in [0, 0.05) is 0 Å². The highest BCUT2D eigenvalue weighted by Crippen LogP contribution is 2.22. The third kappa shape index (κ3) is 4.19. The monoisotopic (exact) mass is 235 g/mol. The summed E-state index contributed by atoms with van der Waals surface area (Å²) in [4.78, 5) is 20.8. The van der Waals surface area contributed by atoms with Crippen molar-refractivity contribution in [2.24, 2.45) is 0 Å². The van der Waals surface area contributed by atoms with Gasteiger partial charge in [0.05, 0.1) is 12.2 Å². The normalized spacial score (nSPS) is 11.3. The van der Waals surface area contributed by atoms with E-state index in [0.29, 0.717) is 18.6 Å². The lowest BCUT2D eigenvalue weighted by Crippen LogP contribution is -2.12. The van der Waals surface area contributed by atoms with Gasteiger partial charge < -0.3 is 0 Å². The fraction of sp³-hybridized carbons (Fsp3) is 0.429. The molecule has 1 aromatic rings. The van der Waals surface area contributed by atoms with Crippen molar-refractivity contribution in [2.45, 2.75) is 32.6 Å². The zero-order valence-corrected chi connectivity index (χ0v) is 10.7. The Kier molecular flexibility index (Phi) is 4.70. The number of benzene rings is 1. The Hall–Kier alpha value is -1.35. The molecule has 0 aliphatic heterocycles. The Morgan fingerprint density at radius 3 is 2.29 bits per heavy atom. The first-order valence-electron chi connectivity index (χ1n) is 5.68. The standard InChI is InChI=1S/C14H19O3/c1-5-10-16-17-13(15)11-6-8-12(9-7-11)14(2,3)4/h6-9H,1,5,10H2,2-4H3. The largest absolute Gasteiger partial charge is 0.373 e. The third-order valence-corrected chi connectivity index (χ3v) is 2.35. The highest BCUT2D eigenvalue weighted by Gasteiger charge is 2.15. The zero-order chi connectivity index (χ0) is 12.9. The summed E-state index contributed by atoms with van der Waals surface area (Å²) in [6.07, 6.45) is 0.566. The maximum Gasteiger partial charge on any atom is 0.373 e. The van der Waals surface area contributed by atoms with Crippen LogP contribution in [0, 0.1) is 6.92 Å². The summed E-state index contributed by atoms with van der Waals surface area (Å²) in [6.45, 7) is 10.3. The van der Waals surface area contributed by atoms with Gasteiger partial charge in [0.25, 0.3) is 0 Å². The van der Waals surface area contributed by atoms with Gasteiger partial charge in [-0.25, -0.2) is 4.79 Å². The first kappa shape index (κ1) is 13.7. The Morgan fingerprint density at radius 1 is 1.24 bits per heavy atom. The van der Waals surface area contributed by atoms with E-state index in [2.05, 4.69) is 37.5 Å². The molecular formula is C14H19O3. The van der Waals surface area contributed by atoms with E-state index in [1.807, 2.05) is 12.1 Å². The van der Waals surface area contributed by atoms with Crippen LogP contribution in [0.5, 0.6) is 0 Å². The summed E-state index contributed by atoms with van der Waals surface area (Å²) < 4.78 is 0. The molecule has 0 heterocycles. The fourth-order valence-corrected chi connectivity index (χ4v) is 1.31. The Labute approximate surface area is 103 Å². The molecule has 17 heavy (non-hydrogen) atoms. The molecule has 0 unspecified atom stereocenters. The van der Waals surface area contributed by atoms with Gasteiger partial charge in [0.15, 0.2) is 0 Å². The first-order chi connectivity index (χ1) is 7.95. The molecule has 0 amide bonds. The third-order valence-electron chi connectivity index (χ3n) is 2.35. The molecule has 0 bridgehead atoms. The fourth-order valence-electron chi connectivity index (χ4n) is 1.31. The van der Waals surface area contributed by atoms with Gasteiger partial charge >= 0.3 is 5.97 Å². The van der Waals surface area contributed by atoms with Crippen molar-refractivity contribution in [2.75, 3.05) is 6.61 Å². The summed E-state index contributed by atoms with van der Waals surface area (Å²) in [5.74, 6) is -0.473. The minimum atomic E-state index is -0.473. The van der Waals surface area contributed by atoms with Crippen molar-refractivity contribution in [1.29, 1.82) is 0 Å². The van der Waals surface area contributed by atoms with E-state index in [4.69, 9.17) is 0 Å². The predicted molar refractivity (Wildman–Crippen MR) is 66.5 cm³/mol. The minimum Gasteiger partial charge on any atom is -0.293 e. The molecular weight excluding hydrogens is 216 g/mol. The summed E-state index contributed by atoms with van der Waals surface area (Å²) in [5.41, 5.74) is 1.74. The average molecular weight is 235 g/mol. The maximum absolute atomic E-state index is 11.5. The number of hydrogen-bond acceptors (Lipinski definition) is 3. The molecule has 1 aromatic carbocycles. The van der Waals surface area contributed by atoms with Crippen LogP contribution in [0.25, 0.3) is 0 Å². The molecule has 0 N–H and O–H groups in total. The van der Waals surface area contributed by atoms with Crippen molar-refractivity contribution in [3.63, 3.8) is 0 Å². The second kappa shape index (κ2) is 5.82. The molecule has 3 heteroatoms. The van der Waals surface area contributed by atoms with Crippen molar-refractivity contribution >= 4 is 5.97 Å². The summed E-state index contributed by atoms with van der Waals surface area (Å²) in [5, 5.41) is 0. The Morgan fingerprint density at radius 2 is 1.82 bits per heavy atom. The van der Waals surface area contributed by atoms with Gasteiger partial charge in [-0.2, -0.15) is 4.89 Å². The molecule has 0 atom stereocenters. The van der Waals surface area contributed by atoms with Crippen molar-refractivity contribution in [3.05, 3.63) is 42.3 Å². The molecule has 0 aliphatic carbocycles. The summed E-state index contributed by atoms with van der Waals surface area (Å²) >= 11 is 0. The van der Waals surface area contributed by atoms with Crippen LogP contribution < -0.4 is 0 Å². The minimum absolute atomic E-state index is 0.0762. The topological polar surface area (TPSA) is 35.5 Å². The predicted octanol–water partition coefficient (Wildman–Crippen LogP) is 3.30. The van der Waals surface area contributed by atoms with Crippen molar-refractivity contribution in [3.8, 4) is 0 Å². The SMILES string of the molecule is [CH2]CCOOC(=O)c1ccc(C(C)(C)C)cc1. The van der Waals surface area contributed by atoms with E-state index >= 15 is 0 Å². The quantitative estimate of drug-likeness (QED) is 0.456. The van der Waals surface area contributed by atoms with E-state index in [-0.39, 0.29) is 5.41 Å². The van der Waals surface area contributed by atoms with Crippen LogP contribution in [0.1, 0.15) is 43.1 Å². The van der Waals surface area contributed by atoms with Crippen LogP contribution in [0.15, 0.2) is 24.3 Å². The van der Waals surface area contributed by atoms with Crippen LogP contribution >= 0.6 is 0 Å². The molecule has 0 aliphatic rings. The van der Waals surface area contributed by atoms with Crippen LogP contribution in [0.4, 0.5) is 0 Å². The Bertz CT molecular complexity index is 360. The van der Waals surface area contributed by atoms with Crippen molar-refractivity contribution < 1.29 is 14.6 Å². The van der Waals surface area contributed by atoms with Crippen LogP contribution in [0.2, 0.25) is 0 Å². The molecule has 1 radical (unpaired) electrons. The molecule has 0 aromatic heterocycles. The highest BCUT2D eigenvalue weighted by atomic mass is 17.2. The van der Waals surface area contributed by atoms with Crippen LogP contribution in [-0.2, 0) is 15.2 Å². The number of carbonyl (C=O) groups is 1. The molecule has 93 valence electrons. The van der Waals surface area contributed by atoms with E-state index in [1.165, 1.54) is 5.56 Å². The summed E-state index contributed by atoms with van der Waals surface area (Å²) in [7, 11) is 0. The van der Waals surface area contributed by atoms with E-state index < -0.39 is 5.97 Å². The second-order valence-corrected chi connectivity index (χ2v) is 4.87. The lowest BCUT2D eigenvalue weighted by Gasteiger charge is -2.18. The number of carbonyl (C=O) groups excluding carboxylic acids is 1. The van der Waals surface area contributed by atoms with E-state index in [1.54, 1.807) is 12.1 Å². The maximum atomic E-state index is 11.5. The van der Waals surface area contributed by atoms with Crippen LogP contribution in [0.3, 0.4) is 0 Å². The molecule has 0 fully saturated rings. The molecule has 3 nitrogen and oxygen atoms in total. The van der Waals surface area contributed by atoms with E-state index in [0.717, 1.165) is 0 Å². The average Bonchev–Trinajstić information content (AvgIpc) is 2.28. The van der Waals surface area contributed by atoms with Crippen LogP contribution in [-0.4, -0.2) is 12.6 Å². The van der Waals surface area contributed by atoms with Gasteiger partial charge in [-0.15, -0.1) is 0 Å². The zero-order valence-electron chi connectivity index (χ0n) is 10.7.